The maximum Gasteiger partial charge on any atom is 0.258 e. The van der Waals surface area contributed by atoms with Crippen LogP contribution in [0.2, 0.25) is 0 Å². The number of nitrogens with zero attached hydrogens (tertiary/aromatic N) is 2. The Labute approximate surface area is 122 Å². The fourth-order valence-electron chi connectivity index (χ4n) is 1.72. The molecule has 1 heterocycles. The molecule has 108 valence electrons. The van der Waals surface area contributed by atoms with E-state index in [-0.39, 0.29) is 16.2 Å². The maximum atomic E-state index is 11.5. The first kappa shape index (κ1) is 15.0. The highest BCUT2D eigenvalue weighted by atomic mass is 35.5. The van der Waals surface area contributed by atoms with Crippen LogP contribution in [0.4, 0.5) is 0 Å². The molecule has 2 aromatic rings. The molecule has 5 nitrogen and oxygen atoms in total. The second-order valence-electron chi connectivity index (χ2n) is 4.51. The molecule has 0 saturated heterocycles. The molecule has 1 unspecified atom stereocenters. The minimum absolute atomic E-state index is 0.214. The summed E-state index contributed by atoms with van der Waals surface area (Å²) in [4.78, 5) is 4.43. The van der Waals surface area contributed by atoms with Gasteiger partial charge in [-0.05, 0) is 24.6 Å². The Balaban J connectivity index is 2.33. The van der Waals surface area contributed by atoms with E-state index in [9.17, 15) is 8.42 Å². The van der Waals surface area contributed by atoms with Gasteiger partial charge in [0.05, 0.1) is 10.3 Å². The molecule has 0 amide bonds. The van der Waals surface area contributed by atoms with Crippen molar-refractivity contribution in [3.8, 4) is 11.5 Å². The summed E-state index contributed by atoms with van der Waals surface area (Å²) in [5.74, 6) is 0.695. The molecule has 0 aliphatic carbocycles. The van der Waals surface area contributed by atoms with Crippen molar-refractivity contribution in [1.29, 1.82) is 0 Å². The molecule has 0 aliphatic rings. The van der Waals surface area contributed by atoms with Gasteiger partial charge in [-0.1, -0.05) is 24.6 Å². The van der Waals surface area contributed by atoms with Crippen molar-refractivity contribution in [3.63, 3.8) is 0 Å². The van der Waals surface area contributed by atoms with E-state index < -0.39 is 9.84 Å². The molecule has 1 aromatic heterocycles. The van der Waals surface area contributed by atoms with Gasteiger partial charge in [0.2, 0.25) is 0 Å². The minimum atomic E-state index is -3.27. The van der Waals surface area contributed by atoms with Crippen molar-refractivity contribution >= 4 is 21.4 Å². The number of halogens is 1. The highest BCUT2D eigenvalue weighted by Gasteiger charge is 2.17. The van der Waals surface area contributed by atoms with Gasteiger partial charge in [-0.3, -0.25) is 0 Å². The van der Waals surface area contributed by atoms with Crippen molar-refractivity contribution in [2.75, 3.05) is 6.26 Å². The molecule has 0 saturated carbocycles. The number of sulfone groups is 1. The summed E-state index contributed by atoms with van der Waals surface area (Å²) in [5.41, 5.74) is 0.562. The molecule has 7 heteroatoms. The third-order valence-electron chi connectivity index (χ3n) is 2.77. The molecule has 2 rings (SSSR count). The van der Waals surface area contributed by atoms with Gasteiger partial charge >= 0.3 is 0 Å². The largest absolute Gasteiger partial charge is 0.334 e. The first-order valence-electron chi connectivity index (χ1n) is 6.20. The number of alkyl halides is 1. The highest BCUT2D eigenvalue weighted by molar-refractivity contribution is 7.90. The molecular weight excluding hydrogens is 300 g/mol. The van der Waals surface area contributed by atoms with Crippen LogP contribution >= 0.6 is 11.6 Å². The Kier molecular flexibility index (Phi) is 4.45. The smallest absolute Gasteiger partial charge is 0.258 e. The van der Waals surface area contributed by atoms with Crippen LogP contribution in [0, 0.1) is 0 Å². The molecule has 0 N–H and O–H groups in total. The predicted molar refractivity (Wildman–Crippen MR) is 76.3 cm³/mol. The number of hydrogen-bond donors (Lipinski definition) is 0. The van der Waals surface area contributed by atoms with Crippen molar-refractivity contribution in [3.05, 3.63) is 30.1 Å². The van der Waals surface area contributed by atoms with Crippen molar-refractivity contribution in [2.24, 2.45) is 0 Å². The summed E-state index contributed by atoms with van der Waals surface area (Å²) in [5, 5.41) is 3.54. The summed E-state index contributed by atoms with van der Waals surface area (Å²) in [7, 11) is -3.27. The van der Waals surface area contributed by atoms with Gasteiger partial charge in [0.15, 0.2) is 15.7 Å². The first-order chi connectivity index (χ1) is 9.41. The third kappa shape index (κ3) is 3.37. The summed E-state index contributed by atoms with van der Waals surface area (Å²) >= 11 is 6.13. The van der Waals surface area contributed by atoms with Crippen molar-refractivity contribution in [2.45, 2.75) is 30.0 Å². The first-order valence-corrected chi connectivity index (χ1v) is 8.52. The topological polar surface area (TPSA) is 73.1 Å². The molecule has 1 atom stereocenters. The van der Waals surface area contributed by atoms with E-state index in [0.717, 1.165) is 19.1 Å². The van der Waals surface area contributed by atoms with Crippen LogP contribution in [-0.2, 0) is 9.84 Å². The Hall–Kier alpha value is -1.40. The average Bonchev–Trinajstić information content (AvgIpc) is 2.88. The van der Waals surface area contributed by atoms with Gasteiger partial charge in [0.25, 0.3) is 5.89 Å². The SMILES string of the molecule is CCCC(Cl)c1noc(-c2cccc(S(C)(=O)=O)c2)n1. The average molecular weight is 315 g/mol. The lowest BCUT2D eigenvalue weighted by atomic mass is 10.2. The third-order valence-corrected chi connectivity index (χ3v) is 4.30. The fourth-order valence-corrected chi connectivity index (χ4v) is 2.70. The Morgan fingerprint density at radius 3 is 2.80 bits per heavy atom. The van der Waals surface area contributed by atoms with Gasteiger partial charge in [-0.2, -0.15) is 4.98 Å². The van der Waals surface area contributed by atoms with Crippen LogP contribution in [0.15, 0.2) is 33.7 Å². The number of benzene rings is 1. The zero-order chi connectivity index (χ0) is 14.8. The summed E-state index contributed by atoms with van der Waals surface area (Å²) < 4.78 is 28.2. The standard InChI is InChI=1S/C13H15ClN2O3S/c1-3-5-11(14)12-15-13(19-16-12)9-6-4-7-10(8-9)20(2,17)18/h4,6-8,11H,3,5H2,1-2H3. The van der Waals surface area contributed by atoms with Crippen LogP contribution in [-0.4, -0.2) is 24.8 Å². The van der Waals surface area contributed by atoms with E-state index in [2.05, 4.69) is 10.1 Å². The van der Waals surface area contributed by atoms with Crippen LogP contribution < -0.4 is 0 Å². The molecule has 20 heavy (non-hydrogen) atoms. The molecular formula is C13H15ClN2O3S. The lowest BCUT2D eigenvalue weighted by molar-refractivity contribution is 0.420. The number of hydrogen-bond acceptors (Lipinski definition) is 5. The number of aromatic nitrogens is 2. The van der Waals surface area contributed by atoms with Gasteiger partial charge in [-0.15, -0.1) is 11.6 Å². The zero-order valence-corrected chi connectivity index (χ0v) is 12.8. The lowest BCUT2D eigenvalue weighted by Gasteiger charge is -2.00. The lowest BCUT2D eigenvalue weighted by Crippen LogP contribution is -1.97. The summed E-state index contributed by atoms with van der Waals surface area (Å²) in [6, 6.07) is 6.39. The second kappa shape index (κ2) is 5.93. The van der Waals surface area contributed by atoms with Crippen molar-refractivity contribution in [1.82, 2.24) is 10.1 Å². The minimum Gasteiger partial charge on any atom is -0.334 e. The number of rotatable bonds is 5. The van der Waals surface area contributed by atoms with E-state index in [0.29, 0.717) is 11.4 Å². The van der Waals surface area contributed by atoms with Crippen LogP contribution in [0.5, 0.6) is 0 Å². The Bertz CT molecular complexity index is 697. The second-order valence-corrected chi connectivity index (χ2v) is 7.06. The Morgan fingerprint density at radius 2 is 2.15 bits per heavy atom. The van der Waals surface area contributed by atoms with Crippen LogP contribution in [0.3, 0.4) is 0 Å². The molecule has 1 aromatic carbocycles. The van der Waals surface area contributed by atoms with Gasteiger partial charge < -0.3 is 4.52 Å². The van der Waals surface area contributed by atoms with Crippen LogP contribution in [0.1, 0.15) is 31.0 Å². The predicted octanol–water partition coefficient (Wildman–Crippen LogP) is 3.22. The zero-order valence-electron chi connectivity index (χ0n) is 11.2. The monoisotopic (exact) mass is 314 g/mol. The van der Waals surface area contributed by atoms with E-state index in [1.165, 1.54) is 12.1 Å². The van der Waals surface area contributed by atoms with E-state index in [4.69, 9.17) is 16.1 Å². The molecule has 0 aliphatic heterocycles. The molecule has 0 fully saturated rings. The van der Waals surface area contributed by atoms with Gasteiger partial charge in [0, 0.05) is 11.8 Å². The van der Waals surface area contributed by atoms with Gasteiger partial charge in [0.1, 0.15) is 0 Å². The quantitative estimate of drug-likeness (QED) is 0.792. The van der Waals surface area contributed by atoms with Gasteiger partial charge in [-0.25, -0.2) is 8.42 Å². The molecule has 0 spiro atoms. The summed E-state index contributed by atoms with van der Waals surface area (Å²) in [6.07, 6.45) is 2.83. The Morgan fingerprint density at radius 1 is 1.40 bits per heavy atom. The normalized spacial score (nSPS) is 13.3. The van der Waals surface area contributed by atoms with Crippen LogP contribution in [0.25, 0.3) is 11.5 Å². The molecule has 0 bridgehead atoms. The van der Waals surface area contributed by atoms with E-state index in [1.54, 1.807) is 12.1 Å². The van der Waals surface area contributed by atoms with Crippen molar-refractivity contribution < 1.29 is 12.9 Å². The van der Waals surface area contributed by atoms with E-state index in [1.807, 2.05) is 6.92 Å². The maximum absolute atomic E-state index is 11.5. The molecule has 0 radical (unpaired) electrons. The fraction of sp³-hybridized carbons (Fsp3) is 0.385. The highest BCUT2D eigenvalue weighted by Crippen LogP contribution is 2.26. The van der Waals surface area contributed by atoms with E-state index >= 15 is 0 Å². The summed E-state index contributed by atoms with van der Waals surface area (Å²) in [6.45, 7) is 2.02.